The average Bonchev–Trinajstić information content (AvgIpc) is 3.50. The molecule has 2 fully saturated rings. The lowest BCUT2D eigenvalue weighted by atomic mass is 10.1. The summed E-state index contributed by atoms with van der Waals surface area (Å²) in [4.78, 5) is 23.3. The smallest absolute Gasteiger partial charge is 0.263 e. The summed E-state index contributed by atoms with van der Waals surface area (Å²) in [5, 5.41) is 2.09. The van der Waals surface area contributed by atoms with Crippen LogP contribution >= 0.6 is 22.9 Å². The SMILES string of the molecule is O=C1[C@@H](N2CCN(c3ccc(F)c(Cl)c3)CC2)CCN1c1ccc(S(=O)(=O)Nc2nccs2)cc1. The number of carbonyl (C=O) groups excluding carboxylic acids is 1. The summed E-state index contributed by atoms with van der Waals surface area (Å²) in [6.07, 6.45) is 2.23. The number of carbonyl (C=O) groups is 1. The number of nitrogens with zero attached hydrogens (tertiary/aromatic N) is 4. The Morgan fingerprint density at radius 2 is 1.74 bits per heavy atom. The lowest BCUT2D eigenvalue weighted by molar-refractivity contribution is -0.121. The van der Waals surface area contributed by atoms with Gasteiger partial charge in [-0.2, -0.15) is 0 Å². The predicted molar refractivity (Wildman–Crippen MR) is 135 cm³/mol. The number of amides is 1. The van der Waals surface area contributed by atoms with Crippen LogP contribution in [0.25, 0.3) is 0 Å². The van der Waals surface area contributed by atoms with Gasteiger partial charge in [-0.15, -0.1) is 11.3 Å². The number of thiazole rings is 1. The number of halogens is 2. The van der Waals surface area contributed by atoms with Gasteiger partial charge in [-0.3, -0.25) is 14.4 Å². The molecule has 2 aliphatic heterocycles. The second-order valence-electron chi connectivity index (χ2n) is 8.35. The molecule has 0 radical (unpaired) electrons. The summed E-state index contributed by atoms with van der Waals surface area (Å²) < 4.78 is 41.0. The van der Waals surface area contributed by atoms with Crippen molar-refractivity contribution in [3.63, 3.8) is 0 Å². The second kappa shape index (κ2) is 9.73. The first-order chi connectivity index (χ1) is 16.8. The zero-order valence-corrected chi connectivity index (χ0v) is 21.0. The van der Waals surface area contributed by atoms with Crippen molar-refractivity contribution in [3.8, 4) is 0 Å². The molecular formula is C23H23ClFN5O3S2. The third-order valence-electron chi connectivity index (χ3n) is 6.31. The Morgan fingerprint density at radius 1 is 1.03 bits per heavy atom. The van der Waals surface area contributed by atoms with E-state index >= 15 is 0 Å². The van der Waals surface area contributed by atoms with Crippen molar-refractivity contribution in [3.05, 3.63) is 64.9 Å². The van der Waals surface area contributed by atoms with E-state index in [1.807, 2.05) is 0 Å². The maximum atomic E-state index is 13.5. The van der Waals surface area contributed by atoms with Crippen LogP contribution in [-0.4, -0.2) is 63.0 Å². The van der Waals surface area contributed by atoms with Crippen LogP contribution in [0.15, 0.2) is 58.9 Å². The fourth-order valence-corrected chi connectivity index (χ4v) is 6.45. The minimum absolute atomic E-state index is 0.0137. The lowest BCUT2D eigenvalue weighted by Gasteiger charge is -2.38. The number of aromatic nitrogens is 1. The van der Waals surface area contributed by atoms with E-state index in [0.29, 0.717) is 50.0 Å². The van der Waals surface area contributed by atoms with E-state index in [9.17, 15) is 17.6 Å². The van der Waals surface area contributed by atoms with E-state index in [1.54, 1.807) is 34.5 Å². The molecule has 1 amide bonds. The molecule has 184 valence electrons. The van der Waals surface area contributed by atoms with Crippen molar-refractivity contribution in [1.29, 1.82) is 0 Å². The molecular weight excluding hydrogens is 513 g/mol. The van der Waals surface area contributed by atoms with Crippen LogP contribution in [0, 0.1) is 5.82 Å². The van der Waals surface area contributed by atoms with Crippen molar-refractivity contribution in [2.24, 2.45) is 0 Å². The topological polar surface area (TPSA) is 85.9 Å². The molecule has 35 heavy (non-hydrogen) atoms. The Balaban J connectivity index is 1.21. The van der Waals surface area contributed by atoms with Gasteiger partial charge in [0.2, 0.25) is 5.91 Å². The molecule has 1 N–H and O–H groups in total. The largest absolute Gasteiger partial charge is 0.369 e. The summed E-state index contributed by atoms with van der Waals surface area (Å²) in [7, 11) is -3.75. The average molecular weight is 536 g/mol. The Hall–Kier alpha value is -2.73. The Labute approximate surface area is 212 Å². The number of anilines is 3. The van der Waals surface area contributed by atoms with Gasteiger partial charge in [-0.1, -0.05) is 11.6 Å². The van der Waals surface area contributed by atoms with Gasteiger partial charge >= 0.3 is 0 Å². The fraction of sp³-hybridized carbons (Fsp3) is 0.304. The molecule has 1 atom stereocenters. The van der Waals surface area contributed by atoms with E-state index in [-0.39, 0.29) is 21.9 Å². The van der Waals surface area contributed by atoms with Gasteiger partial charge in [0, 0.05) is 55.7 Å². The molecule has 0 bridgehead atoms. The van der Waals surface area contributed by atoms with Crippen LogP contribution in [0.5, 0.6) is 0 Å². The monoisotopic (exact) mass is 535 g/mol. The number of nitrogens with one attached hydrogen (secondary N) is 1. The highest BCUT2D eigenvalue weighted by Gasteiger charge is 2.38. The fourth-order valence-electron chi connectivity index (χ4n) is 4.49. The second-order valence-corrected chi connectivity index (χ2v) is 11.3. The third-order valence-corrected chi connectivity index (χ3v) is 8.78. The number of benzene rings is 2. The maximum Gasteiger partial charge on any atom is 0.263 e. The Bertz CT molecular complexity index is 1310. The van der Waals surface area contributed by atoms with Crippen molar-refractivity contribution in [1.82, 2.24) is 9.88 Å². The van der Waals surface area contributed by atoms with Gasteiger partial charge in [-0.25, -0.2) is 17.8 Å². The van der Waals surface area contributed by atoms with Crippen LogP contribution in [0.1, 0.15) is 6.42 Å². The van der Waals surface area contributed by atoms with Gasteiger partial charge < -0.3 is 9.80 Å². The molecule has 0 spiro atoms. The summed E-state index contributed by atoms with van der Waals surface area (Å²) in [5.41, 5.74) is 1.54. The van der Waals surface area contributed by atoms with Crippen molar-refractivity contribution in [2.45, 2.75) is 17.4 Å². The first-order valence-electron chi connectivity index (χ1n) is 11.1. The summed E-state index contributed by atoms with van der Waals surface area (Å²) in [6, 6.07) is 10.8. The molecule has 2 saturated heterocycles. The molecule has 0 aliphatic carbocycles. The summed E-state index contributed by atoms with van der Waals surface area (Å²) in [5.74, 6) is -0.424. The van der Waals surface area contributed by atoms with Crippen LogP contribution in [-0.2, 0) is 14.8 Å². The summed E-state index contributed by atoms with van der Waals surface area (Å²) >= 11 is 7.12. The Kier molecular flexibility index (Phi) is 6.67. The van der Waals surface area contributed by atoms with E-state index < -0.39 is 15.8 Å². The molecule has 12 heteroatoms. The molecule has 0 unspecified atom stereocenters. The van der Waals surface area contributed by atoms with Crippen LogP contribution in [0.2, 0.25) is 5.02 Å². The molecule has 8 nitrogen and oxygen atoms in total. The third kappa shape index (κ3) is 4.99. The molecule has 2 aliphatic rings. The quantitative estimate of drug-likeness (QED) is 0.518. The molecule has 0 saturated carbocycles. The normalized spacial score (nSPS) is 19.4. The van der Waals surface area contributed by atoms with Crippen molar-refractivity contribution < 1.29 is 17.6 Å². The molecule has 5 rings (SSSR count). The predicted octanol–water partition coefficient (Wildman–Crippen LogP) is 3.66. The van der Waals surface area contributed by atoms with Gasteiger partial charge in [0.25, 0.3) is 10.0 Å². The number of piperazine rings is 1. The first-order valence-corrected chi connectivity index (χ1v) is 13.8. The number of hydrogen-bond donors (Lipinski definition) is 1. The van der Waals surface area contributed by atoms with Crippen molar-refractivity contribution >= 4 is 55.4 Å². The standard InChI is InChI=1S/C23H23ClFN5O3S2/c24-19-15-17(3-6-20(19)25)28-10-12-29(13-11-28)21-7-9-30(22(21)31)16-1-4-18(5-2-16)35(32,33)27-23-26-8-14-34-23/h1-6,8,14-15,21H,7,9-13H2,(H,26,27)/t21-/m0/s1. The van der Waals surface area contributed by atoms with E-state index in [2.05, 4.69) is 19.5 Å². The van der Waals surface area contributed by atoms with E-state index in [1.165, 1.54) is 35.7 Å². The maximum absolute atomic E-state index is 13.5. The highest BCUT2D eigenvalue weighted by atomic mass is 35.5. The van der Waals surface area contributed by atoms with Crippen LogP contribution in [0.4, 0.5) is 20.9 Å². The zero-order chi connectivity index (χ0) is 24.6. The molecule has 1 aromatic heterocycles. The van der Waals surface area contributed by atoms with Gasteiger partial charge in [0.1, 0.15) is 5.82 Å². The van der Waals surface area contributed by atoms with Crippen molar-refractivity contribution in [2.75, 3.05) is 47.2 Å². The van der Waals surface area contributed by atoms with Gasteiger partial charge in [0.05, 0.1) is 16.0 Å². The van der Waals surface area contributed by atoms with Gasteiger partial charge in [0.15, 0.2) is 5.13 Å². The van der Waals surface area contributed by atoms with Gasteiger partial charge in [-0.05, 0) is 48.9 Å². The highest BCUT2D eigenvalue weighted by Crippen LogP contribution is 2.28. The minimum Gasteiger partial charge on any atom is -0.369 e. The molecule has 3 aromatic rings. The number of rotatable bonds is 6. The van der Waals surface area contributed by atoms with E-state index in [4.69, 9.17) is 11.6 Å². The van der Waals surface area contributed by atoms with E-state index in [0.717, 1.165) is 5.69 Å². The highest BCUT2D eigenvalue weighted by molar-refractivity contribution is 7.93. The first kappa shape index (κ1) is 24.0. The van der Waals surface area contributed by atoms with Crippen LogP contribution in [0.3, 0.4) is 0 Å². The zero-order valence-electron chi connectivity index (χ0n) is 18.6. The minimum atomic E-state index is -3.75. The number of hydrogen-bond acceptors (Lipinski definition) is 7. The molecule has 3 heterocycles. The molecule has 2 aromatic carbocycles. The lowest BCUT2D eigenvalue weighted by Crippen LogP contribution is -2.52. The Morgan fingerprint density at radius 3 is 2.40 bits per heavy atom. The summed E-state index contributed by atoms with van der Waals surface area (Å²) in [6.45, 7) is 3.41. The number of sulfonamides is 1. The van der Waals surface area contributed by atoms with Crippen LogP contribution < -0.4 is 14.5 Å².